The van der Waals surface area contributed by atoms with Gasteiger partial charge in [-0.25, -0.2) is 19.9 Å². The molecule has 1 unspecified atom stereocenters. The molecule has 0 amide bonds. The van der Waals surface area contributed by atoms with E-state index in [0.29, 0.717) is 39.4 Å². The summed E-state index contributed by atoms with van der Waals surface area (Å²) in [6, 6.07) is 9.52. The predicted molar refractivity (Wildman–Crippen MR) is 118 cm³/mol. The molecule has 0 bridgehead atoms. The minimum atomic E-state index is -0.252. The number of anilines is 1. The molecular weight excluding hydrogens is 398 g/mol. The Hall–Kier alpha value is -3.59. The zero-order chi connectivity index (χ0) is 20.7. The van der Waals surface area contributed by atoms with Crippen LogP contribution in [-0.2, 0) is 0 Å². The molecule has 0 aliphatic heterocycles. The summed E-state index contributed by atoms with van der Waals surface area (Å²) < 4.78 is 2.35. The van der Waals surface area contributed by atoms with Gasteiger partial charge in [-0.3, -0.25) is 9.36 Å². The van der Waals surface area contributed by atoms with E-state index in [-0.39, 0.29) is 11.6 Å². The van der Waals surface area contributed by atoms with Gasteiger partial charge in [-0.2, -0.15) is 0 Å². The van der Waals surface area contributed by atoms with E-state index in [4.69, 9.17) is 4.98 Å². The van der Waals surface area contributed by atoms with E-state index in [1.165, 1.54) is 17.7 Å². The van der Waals surface area contributed by atoms with Crippen molar-refractivity contribution in [1.82, 2.24) is 29.5 Å². The number of aryl methyl sites for hydroxylation is 1. The smallest absolute Gasteiger partial charge is 0.276 e. The Morgan fingerprint density at radius 2 is 2.13 bits per heavy atom. The summed E-state index contributed by atoms with van der Waals surface area (Å²) in [6.45, 7) is 4.06. The molecule has 8 nitrogen and oxygen atoms in total. The van der Waals surface area contributed by atoms with Crippen LogP contribution in [0.1, 0.15) is 30.8 Å². The Morgan fingerprint density at radius 1 is 1.23 bits per heavy atom. The summed E-state index contributed by atoms with van der Waals surface area (Å²) >= 11 is 1.41. The second-order valence-electron chi connectivity index (χ2n) is 7.01. The van der Waals surface area contributed by atoms with Gasteiger partial charge in [0, 0.05) is 0 Å². The van der Waals surface area contributed by atoms with Gasteiger partial charge < -0.3 is 10.3 Å². The SMILES string of the molecule is CCC(Nc1ncnc2[nH]cnc12)c1nc2ccsc2c(=O)n1-c1cccc(C)c1. The Morgan fingerprint density at radius 3 is 2.97 bits per heavy atom. The molecule has 1 atom stereocenters. The van der Waals surface area contributed by atoms with Gasteiger partial charge in [-0.05, 0) is 42.5 Å². The molecule has 0 saturated heterocycles. The fourth-order valence-electron chi connectivity index (χ4n) is 3.56. The molecule has 0 aliphatic carbocycles. The van der Waals surface area contributed by atoms with E-state index in [2.05, 4.69) is 25.3 Å². The highest BCUT2D eigenvalue weighted by atomic mass is 32.1. The van der Waals surface area contributed by atoms with Crippen molar-refractivity contribution in [2.45, 2.75) is 26.3 Å². The molecule has 4 heterocycles. The molecule has 1 aromatic carbocycles. The summed E-state index contributed by atoms with van der Waals surface area (Å²) in [5, 5.41) is 5.33. The fraction of sp³-hybridized carbons (Fsp3) is 0.190. The Kier molecular flexibility index (Phi) is 4.51. The molecular formula is C21H19N7OS. The number of rotatable bonds is 5. The summed E-state index contributed by atoms with van der Waals surface area (Å²) in [7, 11) is 0. The zero-order valence-corrected chi connectivity index (χ0v) is 17.3. The second-order valence-corrected chi connectivity index (χ2v) is 7.93. The van der Waals surface area contributed by atoms with E-state index in [1.807, 2.05) is 49.6 Å². The number of nitrogens with zero attached hydrogens (tertiary/aromatic N) is 5. The summed E-state index contributed by atoms with van der Waals surface area (Å²) in [6.07, 6.45) is 3.77. The maximum Gasteiger partial charge on any atom is 0.276 e. The van der Waals surface area contributed by atoms with Gasteiger partial charge in [0.25, 0.3) is 5.56 Å². The average molecular weight is 417 g/mol. The quantitative estimate of drug-likeness (QED) is 0.448. The van der Waals surface area contributed by atoms with E-state index in [0.717, 1.165) is 11.3 Å². The average Bonchev–Trinajstić information content (AvgIpc) is 3.41. The highest BCUT2D eigenvalue weighted by Gasteiger charge is 2.22. The standard InChI is InChI=1S/C21H19N7OS/c1-3-14(26-19-16-18(23-10-22-16)24-11-25-19)20-27-15-7-8-30-17(15)21(29)28(20)13-6-4-5-12(2)9-13/h4-11,14H,3H2,1-2H3,(H2,22,23,24,25,26). The molecule has 0 fully saturated rings. The summed E-state index contributed by atoms with van der Waals surface area (Å²) in [5.74, 6) is 1.24. The number of H-pyrrole nitrogens is 1. The summed E-state index contributed by atoms with van der Waals surface area (Å²) in [4.78, 5) is 34.2. The highest BCUT2D eigenvalue weighted by molar-refractivity contribution is 7.17. The number of aromatic amines is 1. The lowest BCUT2D eigenvalue weighted by molar-refractivity contribution is 0.659. The normalized spacial score (nSPS) is 12.5. The molecule has 0 aliphatic rings. The minimum absolute atomic E-state index is 0.0662. The monoisotopic (exact) mass is 417 g/mol. The number of fused-ring (bicyclic) bond motifs is 2. The molecule has 5 rings (SSSR count). The molecule has 30 heavy (non-hydrogen) atoms. The molecule has 0 saturated carbocycles. The van der Waals surface area contributed by atoms with Gasteiger partial charge in [-0.15, -0.1) is 11.3 Å². The van der Waals surface area contributed by atoms with Gasteiger partial charge in [0.2, 0.25) is 0 Å². The number of nitrogens with one attached hydrogen (secondary N) is 2. The third kappa shape index (κ3) is 3.03. The van der Waals surface area contributed by atoms with Crippen molar-refractivity contribution in [3.05, 3.63) is 70.1 Å². The maximum atomic E-state index is 13.4. The van der Waals surface area contributed by atoms with Crippen LogP contribution in [0.2, 0.25) is 0 Å². The first kappa shape index (κ1) is 18.4. The van der Waals surface area contributed by atoms with Gasteiger partial charge >= 0.3 is 0 Å². The fourth-order valence-corrected chi connectivity index (χ4v) is 4.32. The number of aromatic nitrogens is 6. The van der Waals surface area contributed by atoms with Gasteiger partial charge in [0.05, 0.1) is 23.6 Å². The first-order valence-electron chi connectivity index (χ1n) is 9.63. The Bertz CT molecular complexity index is 1420. The van der Waals surface area contributed by atoms with Crippen molar-refractivity contribution in [3.8, 4) is 5.69 Å². The molecule has 4 aromatic heterocycles. The van der Waals surface area contributed by atoms with Gasteiger partial charge in [0.1, 0.15) is 22.4 Å². The molecule has 0 spiro atoms. The van der Waals surface area contributed by atoms with Crippen LogP contribution in [0, 0.1) is 6.92 Å². The number of hydrogen-bond donors (Lipinski definition) is 2. The summed E-state index contributed by atoms with van der Waals surface area (Å²) in [5.41, 5.74) is 3.81. The molecule has 5 aromatic rings. The van der Waals surface area contributed by atoms with Gasteiger partial charge in [-0.1, -0.05) is 19.1 Å². The van der Waals surface area contributed by atoms with Crippen molar-refractivity contribution < 1.29 is 0 Å². The maximum absolute atomic E-state index is 13.4. The first-order chi connectivity index (χ1) is 14.7. The van der Waals surface area contributed by atoms with Crippen molar-refractivity contribution in [2.75, 3.05) is 5.32 Å². The Balaban J connectivity index is 1.71. The van der Waals surface area contributed by atoms with Crippen molar-refractivity contribution in [2.24, 2.45) is 0 Å². The molecule has 2 N–H and O–H groups in total. The van der Waals surface area contributed by atoms with Crippen LogP contribution in [0.15, 0.2) is 53.2 Å². The highest BCUT2D eigenvalue weighted by Crippen LogP contribution is 2.27. The first-order valence-corrected chi connectivity index (χ1v) is 10.5. The lowest BCUT2D eigenvalue weighted by atomic mass is 10.1. The number of thiophene rings is 1. The third-order valence-electron chi connectivity index (χ3n) is 5.01. The van der Waals surface area contributed by atoms with Gasteiger partial charge in [0.15, 0.2) is 11.5 Å². The molecule has 9 heteroatoms. The predicted octanol–water partition coefficient (Wildman–Crippen LogP) is 3.99. The largest absolute Gasteiger partial charge is 0.358 e. The van der Waals surface area contributed by atoms with Crippen LogP contribution >= 0.6 is 11.3 Å². The van der Waals surface area contributed by atoms with Crippen LogP contribution in [0.25, 0.3) is 27.1 Å². The van der Waals surface area contributed by atoms with Crippen LogP contribution in [0.5, 0.6) is 0 Å². The van der Waals surface area contributed by atoms with Crippen LogP contribution in [0.3, 0.4) is 0 Å². The second kappa shape index (κ2) is 7.34. The van der Waals surface area contributed by atoms with Crippen molar-refractivity contribution >= 4 is 38.5 Å². The van der Waals surface area contributed by atoms with Crippen LogP contribution in [-0.4, -0.2) is 29.5 Å². The number of benzene rings is 1. The van der Waals surface area contributed by atoms with E-state index in [9.17, 15) is 4.79 Å². The number of imidazole rings is 1. The zero-order valence-electron chi connectivity index (χ0n) is 16.5. The number of hydrogen-bond acceptors (Lipinski definition) is 7. The lowest BCUT2D eigenvalue weighted by Gasteiger charge is -2.21. The molecule has 0 radical (unpaired) electrons. The van der Waals surface area contributed by atoms with Crippen molar-refractivity contribution in [3.63, 3.8) is 0 Å². The van der Waals surface area contributed by atoms with Crippen LogP contribution in [0.4, 0.5) is 5.82 Å². The van der Waals surface area contributed by atoms with Crippen LogP contribution < -0.4 is 10.9 Å². The third-order valence-corrected chi connectivity index (χ3v) is 5.91. The van der Waals surface area contributed by atoms with E-state index < -0.39 is 0 Å². The molecule has 150 valence electrons. The minimum Gasteiger partial charge on any atom is -0.358 e. The lowest BCUT2D eigenvalue weighted by Crippen LogP contribution is -2.27. The van der Waals surface area contributed by atoms with Crippen molar-refractivity contribution in [1.29, 1.82) is 0 Å². The Labute approximate surface area is 175 Å². The topological polar surface area (TPSA) is 101 Å². The van der Waals surface area contributed by atoms with E-state index >= 15 is 0 Å². The van der Waals surface area contributed by atoms with E-state index in [1.54, 1.807) is 10.9 Å².